The van der Waals surface area contributed by atoms with Crippen LogP contribution in [-0.2, 0) is 42.2 Å². The van der Waals surface area contributed by atoms with Crippen LogP contribution in [0.25, 0.3) is 0 Å². The smallest absolute Gasteiger partial charge is 0.243 e. The van der Waals surface area contributed by atoms with Gasteiger partial charge in [-0.05, 0) is 74.1 Å². The summed E-state index contributed by atoms with van der Waals surface area (Å²) in [4.78, 5) is 2.56. The summed E-state index contributed by atoms with van der Waals surface area (Å²) in [6, 6.07) is 21.0. The number of aryl methyl sites for hydroxylation is 1. The van der Waals surface area contributed by atoms with Gasteiger partial charge in [0, 0.05) is 45.9 Å². The molecule has 4 atom stereocenters. The van der Waals surface area contributed by atoms with Crippen LogP contribution in [0, 0.1) is 6.92 Å². The van der Waals surface area contributed by atoms with E-state index in [9.17, 15) is 13.5 Å². The van der Waals surface area contributed by atoms with Crippen molar-refractivity contribution in [2.24, 2.45) is 0 Å². The van der Waals surface area contributed by atoms with E-state index in [2.05, 4.69) is 35.2 Å². The number of sulfonamides is 1. The third-order valence-electron chi connectivity index (χ3n) is 9.31. The number of hydrogen-bond donors (Lipinski definition) is 1. The van der Waals surface area contributed by atoms with Gasteiger partial charge in [0.15, 0.2) is 0 Å². The Morgan fingerprint density at radius 2 is 1.67 bits per heavy atom. The van der Waals surface area contributed by atoms with Crippen LogP contribution in [0.5, 0.6) is 5.75 Å². The standard InChI is InChI=1S/C38H52N2O8S/c1-28-6-13-34(14-7-28)49(42,43)40-25-38(48-27-31-10-15-37-36(23-31)39(17-19-47-37)16-5-18-44-3)35(24-33(40)22-29(2)41)32-11-8-30(9-12-32)26-46-21-20-45-4/h6-15,23,29,33,35,38,41H,5,16-22,24-27H2,1-4H3/t29-,33+,35-,38+/m1/s1. The molecule has 0 saturated carbocycles. The predicted octanol–water partition coefficient (Wildman–Crippen LogP) is 5.30. The first-order chi connectivity index (χ1) is 23.7. The molecule has 2 heterocycles. The Morgan fingerprint density at radius 3 is 2.39 bits per heavy atom. The third kappa shape index (κ3) is 9.82. The first kappa shape index (κ1) is 37.2. The molecule has 2 aliphatic rings. The first-order valence-corrected chi connectivity index (χ1v) is 18.7. The lowest BCUT2D eigenvalue weighted by Crippen LogP contribution is -2.53. The summed E-state index contributed by atoms with van der Waals surface area (Å²) < 4.78 is 58.7. The van der Waals surface area contributed by atoms with Crippen molar-refractivity contribution in [3.8, 4) is 5.75 Å². The molecule has 5 rings (SSSR count). The molecule has 0 bridgehead atoms. The summed E-state index contributed by atoms with van der Waals surface area (Å²) in [7, 11) is -0.498. The van der Waals surface area contributed by atoms with Gasteiger partial charge in [0.25, 0.3) is 0 Å². The summed E-state index contributed by atoms with van der Waals surface area (Å²) in [5, 5.41) is 10.5. The van der Waals surface area contributed by atoms with Crippen molar-refractivity contribution in [3.05, 3.63) is 89.0 Å². The van der Waals surface area contributed by atoms with Gasteiger partial charge in [-0.3, -0.25) is 0 Å². The van der Waals surface area contributed by atoms with Crippen molar-refractivity contribution in [3.63, 3.8) is 0 Å². The van der Waals surface area contributed by atoms with Crippen LogP contribution in [0.3, 0.4) is 0 Å². The molecule has 1 fully saturated rings. The number of piperidine rings is 1. The monoisotopic (exact) mass is 696 g/mol. The minimum Gasteiger partial charge on any atom is -0.490 e. The molecule has 1 N–H and O–H groups in total. The average molecular weight is 697 g/mol. The van der Waals surface area contributed by atoms with Gasteiger partial charge in [0.1, 0.15) is 12.4 Å². The molecule has 3 aromatic rings. The van der Waals surface area contributed by atoms with Crippen LogP contribution in [-0.4, -0.2) is 96.4 Å². The van der Waals surface area contributed by atoms with E-state index >= 15 is 0 Å². The SMILES string of the molecule is COCCCN1CCOc2ccc(CO[C@H]3CN(S(=O)(=O)c4ccc(C)cc4)[C@@H](C[C@@H](C)O)C[C@@H]3c3ccc(COCCOC)cc3)cc21. The predicted molar refractivity (Wildman–Crippen MR) is 190 cm³/mol. The molecule has 0 unspecified atom stereocenters. The summed E-state index contributed by atoms with van der Waals surface area (Å²) >= 11 is 0. The zero-order valence-electron chi connectivity index (χ0n) is 29.3. The van der Waals surface area contributed by atoms with Crippen LogP contribution < -0.4 is 9.64 Å². The Balaban J connectivity index is 1.42. The van der Waals surface area contributed by atoms with Gasteiger partial charge in [0.05, 0.1) is 55.8 Å². The van der Waals surface area contributed by atoms with Gasteiger partial charge in [-0.15, -0.1) is 0 Å². The van der Waals surface area contributed by atoms with E-state index in [4.69, 9.17) is 23.7 Å². The van der Waals surface area contributed by atoms with E-state index in [1.54, 1.807) is 37.6 Å². The second kappa shape index (κ2) is 17.8. The fraction of sp³-hybridized carbons (Fsp3) is 0.526. The number of aliphatic hydroxyl groups excluding tert-OH is 1. The lowest BCUT2D eigenvalue weighted by molar-refractivity contribution is -0.0254. The molecular formula is C38H52N2O8S. The van der Waals surface area contributed by atoms with E-state index in [0.29, 0.717) is 52.5 Å². The summed E-state index contributed by atoms with van der Waals surface area (Å²) in [6.45, 7) is 8.65. The lowest BCUT2D eigenvalue weighted by Gasteiger charge is -2.44. The number of aliphatic hydroxyl groups is 1. The van der Waals surface area contributed by atoms with Gasteiger partial charge in [-0.2, -0.15) is 4.31 Å². The molecule has 0 aromatic heterocycles. The Bertz CT molecular complexity index is 1570. The number of benzene rings is 3. The maximum Gasteiger partial charge on any atom is 0.243 e. The molecule has 3 aromatic carbocycles. The van der Waals surface area contributed by atoms with Crippen molar-refractivity contribution in [1.82, 2.24) is 4.31 Å². The van der Waals surface area contributed by atoms with Crippen molar-refractivity contribution in [2.45, 2.75) is 75.4 Å². The molecular weight excluding hydrogens is 644 g/mol. The van der Waals surface area contributed by atoms with E-state index in [-0.39, 0.29) is 17.4 Å². The molecule has 2 aliphatic heterocycles. The normalized spacial score (nSPS) is 20.5. The number of methoxy groups -OCH3 is 2. The maximum absolute atomic E-state index is 14.2. The van der Waals surface area contributed by atoms with Crippen LogP contribution in [0.15, 0.2) is 71.6 Å². The maximum atomic E-state index is 14.2. The quantitative estimate of drug-likeness (QED) is 0.188. The van der Waals surface area contributed by atoms with Gasteiger partial charge in [-0.1, -0.05) is 48.0 Å². The number of rotatable bonds is 17. The highest BCUT2D eigenvalue weighted by molar-refractivity contribution is 7.89. The number of anilines is 1. The summed E-state index contributed by atoms with van der Waals surface area (Å²) in [5.74, 6) is 0.758. The first-order valence-electron chi connectivity index (χ1n) is 17.2. The van der Waals surface area contributed by atoms with E-state index in [0.717, 1.165) is 53.2 Å². The number of hydrogen-bond acceptors (Lipinski definition) is 9. The van der Waals surface area contributed by atoms with Crippen LogP contribution >= 0.6 is 0 Å². The summed E-state index contributed by atoms with van der Waals surface area (Å²) in [6.07, 6.45) is 0.644. The van der Waals surface area contributed by atoms with E-state index in [1.807, 2.05) is 31.2 Å². The fourth-order valence-electron chi connectivity index (χ4n) is 6.72. The lowest BCUT2D eigenvalue weighted by atomic mass is 9.82. The highest BCUT2D eigenvalue weighted by atomic mass is 32.2. The zero-order chi connectivity index (χ0) is 34.8. The zero-order valence-corrected chi connectivity index (χ0v) is 30.1. The molecule has 10 nitrogen and oxygen atoms in total. The second-order valence-electron chi connectivity index (χ2n) is 13.1. The molecule has 1 saturated heterocycles. The van der Waals surface area contributed by atoms with Gasteiger partial charge in [-0.25, -0.2) is 8.42 Å². The van der Waals surface area contributed by atoms with Crippen molar-refractivity contribution in [2.75, 3.05) is 65.2 Å². The highest BCUT2D eigenvalue weighted by Gasteiger charge is 2.43. The topological polar surface area (TPSA) is 107 Å². The Morgan fingerprint density at radius 1 is 0.939 bits per heavy atom. The largest absolute Gasteiger partial charge is 0.490 e. The Labute approximate surface area is 291 Å². The fourth-order valence-corrected chi connectivity index (χ4v) is 8.38. The van der Waals surface area contributed by atoms with Gasteiger partial charge in [0.2, 0.25) is 10.0 Å². The van der Waals surface area contributed by atoms with Crippen LogP contribution in [0.1, 0.15) is 54.4 Å². The van der Waals surface area contributed by atoms with Crippen LogP contribution in [0.2, 0.25) is 0 Å². The second-order valence-corrected chi connectivity index (χ2v) is 15.0. The molecule has 0 radical (unpaired) electrons. The van der Waals surface area contributed by atoms with Crippen molar-refractivity contribution < 1.29 is 37.2 Å². The minimum absolute atomic E-state index is 0.0943. The van der Waals surface area contributed by atoms with E-state index in [1.165, 1.54) is 0 Å². The number of fused-ring (bicyclic) bond motifs is 1. The van der Waals surface area contributed by atoms with Gasteiger partial charge >= 0.3 is 0 Å². The molecule has 0 aliphatic carbocycles. The minimum atomic E-state index is -3.87. The molecule has 11 heteroatoms. The molecule has 0 amide bonds. The molecule has 0 spiro atoms. The average Bonchev–Trinajstić information content (AvgIpc) is 3.10. The molecule has 268 valence electrons. The molecule has 49 heavy (non-hydrogen) atoms. The van der Waals surface area contributed by atoms with E-state index < -0.39 is 28.3 Å². The highest BCUT2D eigenvalue weighted by Crippen LogP contribution is 2.39. The third-order valence-corrected chi connectivity index (χ3v) is 11.2. The van der Waals surface area contributed by atoms with Crippen molar-refractivity contribution in [1.29, 1.82) is 0 Å². The Hall–Kier alpha value is -3.03. The van der Waals surface area contributed by atoms with Crippen LogP contribution in [0.4, 0.5) is 5.69 Å². The van der Waals surface area contributed by atoms with Crippen molar-refractivity contribution >= 4 is 15.7 Å². The summed E-state index contributed by atoms with van der Waals surface area (Å²) in [5.41, 5.74) is 5.12. The Kier molecular flexibility index (Phi) is 13.5. The van der Waals surface area contributed by atoms with Gasteiger partial charge < -0.3 is 33.7 Å². The number of nitrogens with zero attached hydrogens (tertiary/aromatic N) is 2. The number of ether oxygens (including phenoxy) is 5.